The lowest BCUT2D eigenvalue weighted by molar-refractivity contribution is 0.445. The van der Waals surface area contributed by atoms with Crippen LogP contribution >= 0.6 is 0 Å². The first-order valence-electron chi connectivity index (χ1n) is 6.25. The molecule has 0 aliphatic carbocycles. The van der Waals surface area contributed by atoms with E-state index in [-0.39, 0.29) is 6.54 Å². The molecule has 0 radical (unpaired) electrons. The molecule has 0 aromatic heterocycles. The molecule has 0 fully saturated rings. The van der Waals surface area contributed by atoms with Crippen LogP contribution in [-0.4, -0.2) is 6.54 Å². The Kier molecular flexibility index (Phi) is 3.96. The minimum atomic E-state index is -0.618. The highest BCUT2D eigenvalue weighted by Gasteiger charge is 2.28. The molecule has 1 nitrogen and oxygen atoms in total. The first-order valence-corrected chi connectivity index (χ1v) is 6.25. The van der Waals surface area contributed by atoms with Gasteiger partial charge in [-0.15, -0.1) is 0 Å². The molecular formula is C16H17F2N. The predicted molar refractivity (Wildman–Crippen MR) is 72.9 cm³/mol. The summed E-state index contributed by atoms with van der Waals surface area (Å²) in [5.74, 6) is -0.852. The highest BCUT2D eigenvalue weighted by Crippen LogP contribution is 2.29. The molecular weight excluding hydrogens is 244 g/mol. The first-order chi connectivity index (χ1) is 9.05. The van der Waals surface area contributed by atoms with Crippen LogP contribution in [0.4, 0.5) is 8.78 Å². The van der Waals surface area contributed by atoms with Gasteiger partial charge in [-0.1, -0.05) is 37.3 Å². The van der Waals surface area contributed by atoms with Crippen LogP contribution in [0, 0.1) is 11.6 Å². The third-order valence-corrected chi connectivity index (χ3v) is 3.47. The average Bonchev–Trinajstić information content (AvgIpc) is 2.42. The molecule has 0 saturated carbocycles. The van der Waals surface area contributed by atoms with Crippen LogP contribution in [0.15, 0.2) is 48.5 Å². The highest BCUT2D eigenvalue weighted by molar-refractivity contribution is 5.31. The Morgan fingerprint density at radius 3 is 2.37 bits per heavy atom. The highest BCUT2D eigenvalue weighted by atomic mass is 19.1. The Bertz CT molecular complexity index is 554. The molecule has 2 aromatic carbocycles. The maximum absolute atomic E-state index is 13.9. The molecule has 1 unspecified atom stereocenters. The molecule has 0 amide bonds. The number of benzene rings is 2. The van der Waals surface area contributed by atoms with E-state index in [1.54, 1.807) is 0 Å². The summed E-state index contributed by atoms with van der Waals surface area (Å²) in [6, 6.07) is 13.2. The van der Waals surface area contributed by atoms with Crippen LogP contribution in [0.25, 0.3) is 0 Å². The van der Waals surface area contributed by atoms with Crippen LogP contribution in [-0.2, 0) is 11.8 Å². The largest absolute Gasteiger partial charge is 0.330 e. The lowest BCUT2D eigenvalue weighted by Crippen LogP contribution is -2.35. The maximum Gasteiger partial charge on any atom is 0.127 e. The zero-order valence-electron chi connectivity index (χ0n) is 10.9. The Labute approximate surface area is 112 Å². The van der Waals surface area contributed by atoms with Gasteiger partial charge in [0.15, 0.2) is 0 Å². The van der Waals surface area contributed by atoms with E-state index in [9.17, 15) is 8.78 Å². The molecule has 3 heteroatoms. The number of rotatable bonds is 4. The second-order valence-electron chi connectivity index (χ2n) is 5.05. The van der Waals surface area contributed by atoms with E-state index in [0.29, 0.717) is 12.0 Å². The third-order valence-electron chi connectivity index (χ3n) is 3.47. The van der Waals surface area contributed by atoms with E-state index in [0.717, 1.165) is 17.7 Å². The molecule has 2 aromatic rings. The van der Waals surface area contributed by atoms with Crippen molar-refractivity contribution in [2.45, 2.75) is 18.8 Å². The lowest BCUT2D eigenvalue weighted by atomic mass is 9.77. The minimum Gasteiger partial charge on any atom is -0.330 e. The number of hydrogen-bond acceptors (Lipinski definition) is 1. The standard InChI is InChI=1S/C16H17F2N/c1-16(11-19,10-12-5-3-2-4-6-12)14-9-13(17)7-8-15(14)18/h2-9H,10-11,19H2,1H3. The van der Waals surface area contributed by atoms with Crippen molar-refractivity contribution in [1.82, 2.24) is 0 Å². The van der Waals surface area contributed by atoms with Crippen molar-refractivity contribution in [2.75, 3.05) is 6.54 Å². The second-order valence-corrected chi connectivity index (χ2v) is 5.05. The fourth-order valence-corrected chi connectivity index (χ4v) is 2.28. The van der Waals surface area contributed by atoms with Gasteiger partial charge >= 0.3 is 0 Å². The van der Waals surface area contributed by atoms with Gasteiger partial charge in [0.2, 0.25) is 0 Å². The quantitative estimate of drug-likeness (QED) is 0.896. The topological polar surface area (TPSA) is 26.0 Å². The van der Waals surface area contributed by atoms with E-state index >= 15 is 0 Å². The summed E-state index contributed by atoms with van der Waals surface area (Å²) in [4.78, 5) is 0. The van der Waals surface area contributed by atoms with Gasteiger partial charge in [-0.3, -0.25) is 0 Å². The predicted octanol–water partition coefficient (Wildman–Crippen LogP) is 3.42. The number of nitrogens with two attached hydrogens (primary N) is 1. The van der Waals surface area contributed by atoms with Gasteiger partial charge in [0.05, 0.1) is 0 Å². The zero-order chi connectivity index (χ0) is 13.9. The van der Waals surface area contributed by atoms with Crippen LogP contribution in [0.1, 0.15) is 18.1 Å². The molecule has 19 heavy (non-hydrogen) atoms. The molecule has 0 aliphatic rings. The smallest absolute Gasteiger partial charge is 0.127 e. The van der Waals surface area contributed by atoms with Crippen LogP contribution in [0.5, 0.6) is 0 Å². The maximum atomic E-state index is 13.9. The van der Waals surface area contributed by atoms with Gasteiger partial charge in [-0.25, -0.2) is 8.78 Å². The molecule has 0 spiro atoms. The van der Waals surface area contributed by atoms with Crippen molar-refractivity contribution < 1.29 is 8.78 Å². The molecule has 1 atom stereocenters. The Morgan fingerprint density at radius 2 is 1.74 bits per heavy atom. The van der Waals surface area contributed by atoms with Crippen molar-refractivity contribution in [3.63, 3.8) is 0 Å². The summed E-state index contributed by atoms with van der Waals surface area (Å²) in [5, 5.41) is 0. The van der Waals surface area contributed by atoms with Crippen LogP contribution < -0.4 is 5.73 Å². The average molecular weight is 261 g/mol. The molecule has 2 rings (SSSR count). The fourth-order valence-electron chi connectivity index (χ4n) is 2.28. The van der Waals surface area contributed by atoms with E-state index in [1.165, 1.54) is 6.07 Å². The SMILES string of the molecule is CC(CN)(Cc1ccccc1)c1cc(F)ccc1F. The number of halogens is 2. The van der Waals surface area contributed by atoms with E-state index in [4.69, 9.17) is 5.73 Å². The van der Waals surface area contributed by atoms with Gasteiger partial charge in [0.25, 0.3) is 0 Å². The zero-order valence-corrected chi connectivity index (χ0v) is 10.9. The van der Waals surface area contributed by atoms with E-state index in [2.05, 4.69) is 0 Å². The van der Waals surface area contributed by atoms with Crippen LogP contribution in [0.3, 0.4) is 0 Å². The Balaban J connectivity index is 2.39. The van der Waals surface area contributed by atoms with E-state index < -0.39 is 17.0 Å². The molecule has 0 heterocycles. The molecule has 2 N–H and O–H groups in total. The fraction of sp³-hybridized carbons (Fsp3) is 0.250. The summed E-state index contributed by atoms with van der Waals surface area (Å²) in [7, 11) is 0. The summed E-state index contributed by atoms with van der Waals surface area (Å²) >= 11 is 0. The van der Waals surface area contributed by atoms with Crippen LogP contribution in [0.2, 0.25) is 0 Å². The van der Waals surface area contributed by atoms with Crippen molar-refractivity contribution in [2.24, 2.45) is 5.73 Å². The summed E-state index contributed by atoms with van der Waals surface area (Å²) in [6.07, 6.45) is 0.574. The number of hydrogen-bond donors (Lipinski definition) is 1. The summed E-state index contributed by atoms with van der Waals surface area (Å²) < 4.78 is 27.3. The molecule has 100 valence electrons. The third kappa shape index (κ3) is 2.99. The summed E-state index contributed by atoms with van der Waals surface area (Å²) in [5.41, 5.74) is 6.59. The lowest BCUT2D eigenvalue weighted by Gasteiger charge is -2.29. The van der Waals surface area contributed by atoms with Gasteiger partial charge in [-0.05, 0) is 35.7 Å². The van der Waals surface area contributed by atoms with Crippen molar-refractivity contribution >= 4 is 0 Å². The Morgan fingerprint density at radius 1 is 1.05 bits per heavy atom. The second kappa shape index (κ2) is 5.49. The van der Waals surface area contributed by atoms with Crippen molar-refractivity contribution in [3.8, 4) is 0 Å². The minimum absolute atomic E-state index is 0.252. The van der Waals surface area contributed by atoms with Gasteiger partial charge in [-0.2, -0.15) is 0 Å². The normalized spacial score (nSPS) is 14.1. The monoisotopic (exact) mass is 261 g/mol. The van der Waals surface area contributed by atoms with Gasteiger partial charge in [0, 0.05) is 12.0 Å². The van der Waals surface area contributed by atoms with Crippen molar-refractivity contribution in [1.29, 1.82) is 0 Å². The molecule has 0 saturated heterocycles. The Hall–Kier alpha value is -1.74. The molecule has 0 aliphatic heterocycles. The van der Waals surface area contributed by atoms with Crippen molar-refractivity contribution in [3.05, 3.63) is 71.3 Å². The first kappa shape index (κ1) is 13.7. The summed E-state index contributed by atoms with van der Waals surface area (Å²) in [6.45, 7) is 2.11. The molecule has 0 bridgehead atoms. The van der Waals surface area contributed by atoms with E-state index in [1.807, 2.05) is 37.3 Å². The van der Waals surface area contributed by atoms with Gasteiger partial charge < -0.3 is 5.73 Å². The van der Waals surface area contributed by atoms with Gasteiger partial charge in [0.1, 0.15) is 11.6 Å².